The lowest BCUT2D eigenvalue weighted by Crippen LogP contribution is -2.06. The first-order valence-corrected chi connectivity index (χ1v) is 9.40. The van der Waals surface area contributed by atoms with Crippen LogP contribution in [0, 0.1) is 13.8 Å². The van der Waals surface area contributed by atoms with Crippen molar-refractivity contribution in [1.29, 1.82) is 0 Å². The molecule has 0 saturated heterocycles. The van der Waals surface area contributed by atoms with Gasteiger partial charge >= 0.3 is 5.97 Å². The SMILES string of the molecule is CCOC(=O)c1[nH]c2c(Cl)cc(Cl)cc2c1Sc1cc(C)cc(C)c1. The first kappa shape index (κ1) is 18.2. The third kappa shape index (κ3) is 3.81. The van der Waals surface area contributed by atoms with Crippen molar-refractivity contribution in [3.05, 3.63) is 57.2 Å². The molecular formula is C19H17Cl2NO2S. The lowest BCUT2D eigenvalue weighted by Gasteiger charge is -2.07. The van der Waals surface area contributed by atoms with E-state index in [0.717, 1.165) is 26.3 Å². The fraction of sp³-hybridized carbons (Fsp3) is 0.211. The van der Waals surface area contributed by atoms with Crippen molar-refractivity contribution in [3.63, 3.8) is 0 Å². The maximum atomic E-state index is 12.4. The van der Waals surface area contributed by atoms with Gasteiger partial charge in [0.05, 0.1) is 22.0 Å². The van der Waals surface area contributed by atoms with E-state index in [4.69, 9.17) is 27.9 Å². The number of fused-ring (bicyclic) bond motifs is 1. The highest BCUT2D eigenvalue weighted by atomic mass is 35.5. The van der Waals surface area contributed by atoms with Gasteiger partial charge < -0.3 is 9.72 Å². The van der Waals surface area contributed by atoms with Gasteiger partial charge in [-0.1, -0.05) is 41.0 Å². The molecule has 0 bridgehead atoms. The van der Waals surface area contributed by atoms with Crippen molar-refractivity contribution >= 4 is 51.8 Å². The molecule has 3 nitrogen and oxygen atoms in total. The van der Waals surface area contributed by atoms with E-state index >= 15 is 0 Å². The van der Waals surface area contributed by atoms with Crippen LogP contribution in [0.2, 0.25) is 10.0 Å². The number of benzene rings is 2. The Labute approximate surface area is 160 Å². The van der Waals surface area contributed by atoms with E-state index in [9.17, 15) is 4.79 Å². The van der Waals surface area contributed by atoms with E-state index < -0.39 is 5.97 Å². The van der Waals surface area contributed by atoms with Crippen molar-refractivity contribution in [1.82, 2.24) is 4.98 Å². The topological polar surface area (TPSA) is 42.1 Å². The van der Waals surface area contributed by atoms with Crippen molar-refractivity contribution in [3.8, 4) is 0 Å². The number of H-pyrrole nitrogens is 1. The summed E-state index contributed by atoms with van der Waals surface area (Å²) in [5.41, 5.74) is 3.40. The number of carbonyl (C=O) groups is 1. The summed E-state index contributed by atoms with van der Waals surface area (Å²) in [6, 6.07) is 9.74. The summed E-state index contributed by atoms with van der Waals surface area (Å²) in [5.74, 6) is -0.405. The Kier molecular flexibility index (Phi) is 5.32. The average Bonchev–Trinajstić information content (AvgIpc) is 2.85. The normalized spacial score (nSPS) is 11.1. The van der Waals surface area contributed by atoms with Gasteiger partial charge in [0, 0.05) is 15.3 Å². The Bertz CT molecular complexity index is 945. The Morgan fingerprint density at radius 3 is 2.44 bits per heavy atom. The Hall–Kier alpha value is -1.62. The number of aromatic nitrogens is 1. The molecule has 130 valence electrons. The molecule has 0 fully saturated rings. The van der Waals surface area contributed by atoms with E-state index in [2.05, 4.69) is 23.2 Å². The summed E-state index contributed by atoms with van der Waals surface area (Å²) >= 11 is 14.0. The van der Waals surface area contributed by atoms with Crippen LogP contribution in [0.3, 0.4) is 0 Å². The van der Waals surface area contributed by atoms with Crippen molar-refractivity contribution in [2.45, 2.75) is 30.6 Å². The molecule has 3 aromatic rings. The summed E-state index contributed by atoms with van der Waals surface area (Å²) in [5, 5.41) is 1.80. The van der Waals surface area contributed by atoms with Crippen LogP contribution in [0.5, 0.6) is 0 Å². The van der Waals surface area contributed by atoms with Crippen LogP contribution in [-0.2, 0) is 4.74 Å². The molecule has 0 atom stereocenters. The summed E-state index contributed by atoms with van der Waals surface area (Å²) in [7, 11) is 0. The lowest BCUT2D eigenvalue weighted by molar-refractivity contribution is 0.0516. The number of ether oxygens (including phenoxy) is 1. The second kappa shape index (κ2) is 7.32. The Morgan fingerprint density at radius 1 is 1.12 bits per heavy atom. The predicted molar refractivity (Wildman–Crippen MR) is 104 cm³/mol. The number of halogens is 2. The average molecular weight is 394 g/mol. The number of aromatic amines is 1. The van der Waals surface area contributed by atoms with Crippen LogP contribution in [0.15, 0.2) is 40.1 Å². The molecule has 25 heavy (non-hydrogen) atoms. The first-order valence-electron chi connectivity index (χ1n) is 7.83. The second-order valence-electron chi connectivity index (χ2n) is 5.79. The number of rotatable bonds is 4. The molecule has 0 unspecified atom stereocenters. The number of hydrogen-bond donors (Lipinski definition) is 1. The standard InChI is InChI=1S/C19H17Cl2NO2S/c1-4-24-19(23)17-18(25-13-6-10(2)5-11(3)7-13)14-8-12(20)9-15(21)16(14)22-17/h5-9,22H,4H2,1-3H3. The fourth-order valence-electron chi connectivity index (χ4n) is 2.76. The third-order valence-electron chi connectivity index (χ3n) is 3.67. The molecule has 1 N–H and O–H groups in total. The highest BCUT2D eigenvalue weighted by Crippen LogP contribution is 2.41. The lowest BCUT2D eigenvalue weighted by atomic mass is 10.2. The van der Waals surface area contributed by atoms with E-state index in [-0.39, 0.29) is 0 Å². The first-order chi connectivity index (χ1) is 11.9. The van der Waals surface area contributed by atoms with Crippen LogP contribution >= 0.6 is 35.0 Å². The highest BCUT2D eigenvalue weighted by Gasteiger charge is 2.22. The number of esters is 1. The maximum absolute atomic E-state index is 12.4. The molecule has 1 aromatic heterocycles. The van der Waals surface area contributed by atoms with Gasteiger partial charge in [-0.3, -0.25) is 0 Å². The van der Waals surface area contributed by atoms with E-state index in [1.807, 2.05) is 19.9 Å². The van der Waals surface area contributed by atoms with Crippen LogP contribution in [0.1, 0.15) is 28.5 Å². The van der Waals surface area contributed by atoms with Gasteiger partial charge in [-0.05, 0) is 56.2 Å². The Morgan fingerprint density at radius 2 is 1.80 bits per heavy atom. The molecule has 0 amide bonds. The summed E-state index contributed by atoms with van der Waals surface area (Å²) in [6.45, 7) is 6.18. The third-order valence-corrected chi connectivity index (χ3v) is 5.29. The van der Waals surface area contributed by atoms with Gasteiger partial charge in [-0.2, -0.15) is 0 Å². The van der Waals surface area contributed by atoms with Gasteiger partial charge in [0.25, 0.3) is 0 Å². The fourth-order valence-corrected chi connectivity index (χ4v) is 4.53. The van der Waals surface area contributed by atoms with Gasteiger partial charge in [0.2, 0.25) is 0 Å². The molecule has 0 spiro atoms. The quantitative estimate of drug-likeness (QED) is 0.519. The summed E-state index contributed by atoms with van der Waals surface area (Å²) < 4.78 is 5.19. The van der Waals surface area contributed by atoms with Crippen LogP contribution in [-0.4, -0.2) is 17.6 Å². The highest BCUT2D eigenvalue weighted by molar-refractivity contribution is 7.99. The summed E-state index contributed by atoms with van der Waals surface area (Å²) in [4.78, 5) is 17.3. The number of hydrogen-bond acceptors (Lipinski definition) is 3. The van der Waals surface area contributed by atoms with E-state index in [1.165, 1.54) is 11.8 Å². The molecule has 3 rings (SSSR count). The van der Waals surface area contributed by atoms with Crippen molar-refractivity contribution < 1.29 is 9.53 Å². The van der Waals surface area contributed by atoms with Gasteiger partial charge in [-0.25, -0.2) is 4.79 Å². The zero-order valence-corrected chi connectivity index (χ0v) is 16.4. The number of aryl methyl sites for hydroxylation is 2. The molecule has 2 aromatic carbocycles. The minimum atomic E-state index is -0.405. The monoisotopic (exact) mass is 393 g/mol. The summed E-state index contributed by atoms with van der Waals surface area (Å²) in [6.07, 6.45) is 0. The molecule has 0 aliphatic carbocycles. The molecule has 0 aliphatic heterocycles. The minimum absolute atomic E-state index is 0.302. The minimum Gasteiger partial charge on any atom is -0.461 e. The number of nitrogens with one attached hydrogen (secondary N) is 1. The van der Waals surface area contributed by atoms with Crippen LogP contribution < -0.4 is 0 Å². The number of carbonyl (C=O) groups excluding carboxylic acids is 1. The van der Waals surface area contributed by atoms with E-state index in [1.54, 1.807) is 13.0 Å². The molecule has 6 heteroatoms. The molecule has 0 radical (unpaired) electrons. The zero-order chi connectivity index (χ0) is 18.1. The van der Waals surface area contributed by atoms with Gasteiger partial charge in [0.15, 0.2) is 0 Å². The molecule has 0 aliphatic rings. The van der Waals surface area contributed by atoms with Gasteiger partial charge in [0.1, 0.15) is 5.69 Å². The van der Waals surface area contributed by atoms with Crippen molar-refractivity contribution in [2.24, 2.45) is 0 Å². The maximum Gasteiger partial charge on any atom is 0.355 e. The van der Waals surface area contributed by atoms with Crippen molar-refractivity contribution in [2.75, 3.05) is 6.61 Å². The molecular weight excluding hydrogens is 377 g/mol. The van der Waals surface area contributed by atoms with E-state index in [0.29, 0.717) is 27.9 Å². The molecule has 1 heterocycles. The Balaban J connectivity index is 2.19. The largest absolute Gasteiger partial charge is 0.461 e. The van der Waals surface area contributed by atoms with Crippen LogP contribution in [0.25, 0.3) is 10.9 Å². The van der Waals surface area contributed by atoms with Gasteiger partial charge in [-0.15, -0.1) is 0 Å². The smallest absolute Gasteiger partial charge is 0.355 e. The second-order valence-corrected chi connectivity index (χ2v) is 7.71. The zero-order valence-electron chi connectivity index (χ0n) is 14.1. The van der Waals surface area contributed by atoms with Crippen LogP contribution in [0.4, 0.5) is 0 Å². The molecule has 0 saturated carbocycles. The predicted octanol–water partition coefficient (Wildman–Crippen LogP) is 6.42.